The number of anilines is 2. The van der Waals surface area contributed by atoms with Crippen LogP contribution in [0.3, 0.4) is 0 Å². The molecular weight excluding hydrogens is 214 g/mol. The number of carbonyl (C=O) groups is 1. The van der Waals surface area contributed by atoms with Crippen molar-refractivity contribution in [3.63, 3.8) is 0 Å². The fourth-order valence-corrected chi connectivity index (χ4v) is 2.17. The van der Waals surface area contributed by atoms with Gasteiger partial charge in [-0.3, -0.25) is 4.79 Å². The van der Waals surface area contributed by atoms with E-state index in [-0.39, 0.29) is 5.91 Å². The largest absolute Gasteiger partial charge is 0.399 e. The lowest BCUT2D eigenvalue weighted by molar-refractivity contribution is 0.0745. The summed E-state index contributed by atoms with van der Waals surface area (Å²) < 4.78 is 0. The van der Waals surface area contributed by atoms with Crippen LogP contribution in [0, 0.1) is 5.92 Å². The van der Waals surface area contributed by atoms with E-state index < -0.39 is 0 Å². The van der Waals surface area contributed by atoms with Gasteiger partial charge in [0.15, 0.2) is 0 Å². The molecule has 0 atom stereocenters. The minimum Gasteiger partial charge on any atom is -0.399 e. The molecule has 0 radical (unpaired) electrons. The Labute approximate surface area is 102 Å². The van der Waals surface area contributed by atoms with Crippen molar-refractivity contribution in [1.82, 2.24) is 4.90 Å². The molecule has 0 heterocycles. The van der Waals surface area contributed by atoms with Gasteiger partial charge in [-0.25, -0.2) is 0 Å². The molecule has 1 fully saturated rings. The molecule has 1 aliphatic rings. The Morgan fingerprint density at radius 3 is 2.35 bits per heavy atom. The van der Waals surface area contributed by atoms with E-state index in [4.69, 9.17) is 11.5 Å². The number of hydrogen-bond donors (Lipinski definition) is 2. The van der Waals surface area contributed by atoms with E-state index in [1.165, 1.54) is 19.3 Å². The molecule has 17 heavy (non-hydrogen) atoms. The van der Waals surface area contributed by atoms with Crippen molar-refractivity contribution in [3.8, 4) is 0 Å². The number of rotatable bonds is 3. The molecule has 0 bridgehead atoms. The summed E-state index contributed by atoms with van der Waals surface area (Å²) in [5.74, 6) is 0.665. The Kier molecular flexibility index (Phi) is 3.22. The molecule has 0 spiro atoms. The van der Waals surface area contributed by atoms with Crippen molar-refractivity contribution < 1.29 is 4.79 Å². The maximum Gasteiger partial charge on any atom is 0.253 e. The molecule has 1 amide bonds. The van der Waals surface area contributed by atoms with Crippen molar-refractivity contribution >= 4 is 17.3 Å². The molecule has 1 saturated carbocycles. The van der Waals surface area contributed by atoms with Crippen LogP contribution >= 0.6 is 0 Å². The Balaban J connectivity index is 2.06. The molecule has 1 aromatic carbocycles. The summed E-state index contributed by atoms with van der Waals surface area (Å²) >= 11 is 0. The van der Waals surface area contributed by atoms with Gasteiger partial charge in [0.25, 0.3) is 5.91 Å². The molecule has 0 saturated heterocycles. The Bertz CT molecular complexity index is 406. The van der Waals surface area contributed by atoms with Gasteiger partial charge < -0.3 is 16.4 Å². The van der Waals surface area contributed by atoms with E-state index in [1.807, 2.05) is 7.05 Å². The van der Waals surface area contributed by atoms with Gasteiger partial charge in [-0.15, -0.1) is 0 Å². The number of hydrogen-bond acceptors (Lipinski definition) is 3. The van der Waals surface area contributed by atoms with Gasteiger partial charge >= 0.3 is 0 Å². The van der Waals surface area contributed by atoms with Crippen LogP contribution in [-0.2, 0) is 0 Å². The average Bonchev–Trinajstić information content (AvgIpc) is 2.20. The van der Waals surface area contributed by atoms with E-state index in [2.05, 4.69) is 0 Å². The summed E-state index contributed by atoms with van der Waals surface area (Å²) in [4.78, 5) is 13.9. The molecule has 0 aliphatic heterocycles. The Morgan fingerprint density at radius 1 is 1.29 bits per heavy atom. The van der Waals surface area contributed by atoms with Crippen LogP contribution < -0.4 is 11.5 Å². The second-order valence-corrected chi connectivity index (χ2v) is 4.87. The summed E-state index contributed by atoms with van der Waals surface area (Å²) in [7, 11) is 1.83. The number of carbonyl (C=O) groups excluding carboxylic acids is 1. The van der Waals surface area contributed by atoms with Gasteiger partial charge in [-0.2, -0.15) is 0 Å². The fourth-order valence-electron chi connectivity index (χ4n) is 2.17. The third-order valence-electron chi connectivity index (χ3n) is 3.33. The molecule has 1 aliphatic carbocycles. The minimum absolute atomic E-state index is 0.00380. The van der Waals surface area contributed by atoms with Crippen LogP contribution in [0.15, 0.2) is 18.2 Å². The van der Waals surface area contributed by atoms with Gasteiger partial charge in [0.2, 0.25) is 0 Å². The van der Waals surface area contributed by atoms with Crippen molar-refractivity contribution in [3.05, 3.63) is 23.8 Å². The van der Waals surface area contributed by atoms with Gasteiger partial charge in [0.05, 0.1) is 0 Å². The molecule has 0 aromatic heterocycles. The lowest BCUT2D eigenvalue weighted by Crippen LogP contribution is -2.34. The number of nitrogens with two attached hydrogens (primary N) is 2. The molecule has 92 valence electrons. The summed E-state index contributed by atoms with van der Waals surface area (Å²) in [6, 6.07) is 5.01. The van der Waals surface area contributed by atoms with Crippen LogP contribution in [0.2, 0.25) is 0 Å². The topological polar surface area (TPSA) is 72.3 Å². The first-order valence-corrected chi connectivity index (χ1v) is 5.98. The highest BCUT2D eigenvalue weighted by Crippen LogP contribution is 2.27. The predicted molar refractivity (Wildman–Crippen MR) is 69.6 cm³/mol. The monoisotopic (exact) mass is 233 g/mol. The van der Waals surface area contributed by atoms with E-state index in [1.54, 1.807) is 23.1 Å². The quantitative estimate of drug-likeness (QED) is 0.781. The van der Waals surface area contributed by atoms with Crippen molar-refractivity contribution in [1.29, 1.82) is 0 Å². The predicted octanol–water partition coefficient (Wildman–Crippen LogP) is 1.72. The second-order valence-electron chi connectivity index (χ2n) is 4.87. The fraction of sp³-hybridized carbons (Fsp3) is 0.462. The highest BCUT2D eigenvalue weighted by molar-refractivity contribution is 5.96. The Hall–Kier alpha value is -1.71. The standard InChI is InChI=1S/C13H19N3O/c1-16(8-9-3-2-4-9)13(17)10-5-11(14)7-12(15)6-10/h5-7,9H,2-4,8,14-15H2,1H3. The summed E-state index contributed by atoms with van der Waals surface area (Å²) in [6.45, 7) is 0.827. The van der Waals surface area contributed by atoms with Gasteiger partial charge in [0, 0.05) is 30.5 Å². The van der Waals surface area contributed by atoms with E-state index in [0.29, 0.717) is 22.9 Å². The first-order valence-electron chi connectivity index (χ1n) is 5.98. The van der Waals surface area contributed by atoms with Crippen LogP contribution in [0.5, 0.6) is 0 Å². The molecule has 0 unspecified atom stereocenters. The molecule has 2 rings (SSSR count). The van der Waals surface area contributed by atoms with E-state index in [9.17, 15) is 4.79 Å². The third-order valence-corrected chi connectivity index (χ3v) is 3.33. The second kappa shape index (κ2) is 4.65. The van der Waals surface area contributed by atoms with E-state index in [0.717, 1.165) is 6.54 Å². The average molecular weight is 233 g/mol. The maximum absolute atomic E-state index is 12.1. The number of benzene rings is 1. The highest BCUT2D eigenvalue weighted by atomic mass is 16.2. The maximum atomic E-state index is 12.1. The molecule has 4 nitrogen and oxygen atoms in total. The Morgan fingerprint density at radius 2 is 1.88 bits per heavy atom. The number of nitrogens with zero attached hydrogens (tertiary/aromatic N) is 1. The first kappa shape index (κ1) is 11.8. The van der Waals surface area contributed by atoms with Crippen LogP contribution in [0.25, 0.3) is 0 Å². The highest BCUT2D eigenvalue weighted by Gasteiger charge is 2.22. The van der Waals surface area contributed by atoms with E-state index >= 15 is 0 Å². The SMILES string of the molecule is CN(CC1CCC1)C(=O)c1cc(N)cc(N)c1. The summed E-state index contributed by atoms with van der Waals surface area (Å²) in [5.41, 5.74) is 13.0. The first-order chi connectivity index (χ1) is 8.06. The van der Waals surface area contributed by atoms with Gasteiger partial charge in [-0.1, -0.05) is 6.42 Å². The van der Waals surface area contributed by atoms with Crippen LogP contribution in [-0.4, -0.2) is 24.4 Å². The van der Waals surface area contributed by atoms with Gasteiger partial charge in [0.1, 0.15) is 0 Å². The smallest absolute Gasteiger partial charge is 0.253 e. The van der Waals surface area contributed by atoms with Crippen molar-refractivity contribution in [2.24, 2.45) is 5.92 Å². The zero-order valence-corrected chi connectivity index (χ0v) is 10.1. The van der Waals surface area contributed by atoms with Crippen molar-refractivity contribution in [2.75, 3.05) is 25.1 Å². The van der Waals surface area contributed by atoms with Crippen LogP contribution in [0.1, 0.15) is 29.6 Å². The lowest BCUT2D eigenvalue weighted by Gasteiger charge is -2.30. The minimum atomic E-state index is -0.00380. The van der Waals surface area contributed by atoms with Gasteiger partial charge in [-0.05, 0) is 37.0 Å². The normalized spacial score (nSPS) is 15.4. The molecular formula is C13H19N3O. The zero-order chi connectivity index (χ0) is 12.4. The number of amides is 1. The molecule has 1 aromatic rings. The third kappa shape index (κ3) is 2.70. The summed E-state index contributed by atoms with van der Waals surface area (Å²) in [5, 5.41) is 0. The summed E-state index contributed by atoms with van der Waals surface area (Å²) in [6.07, 6.45) is 3.76. The molecule has 4 heteroatoms. The molecule has 4 N–H and O–H groups in total. The zero-order valence-electron chi connectivity index (χ0n) is 10.1. The van der Waals surface area contributed by atoms with Crippen molar-refractivity contribution in [2.45, 2.75) is 19.3 Å². The van der Waals surface area contributed by atoms with Crippen LogP contribution in [0.4, 0.5) is 11.4 Å². The lowest BCUT2D eigenvalue weighted by atomic mass is 9.85. The number of nitrogen functional groups attached to an aromatic ring is 2.